The fourth-order valence-corrected chi connectivity index (χ4v) is 3.60. The van der Waals surface area contributed by atoms with Crippen molar-refractivity contribution in [3.8, 4) is 0 Å². The van der Waals surface area contributed by atoms with Crippen molar-refractivity contribution in [1.82, 2.24) is 20.3 Å². The van der Waals surface area contributed by atoms with Crippen molar-refractivity contribution in [3.05, 3.63) is 55.1 Å². The second-order valence-corrected chi connectivity index (χ2v) is 7.90. The molecule has 1 aromatic heterocycles. The number of hydrogen-bond acceptors (Lipinski definition) is 5. The third-order valence-corrected chi connectivity index (χ3v) is 5.54. The highest BCUT2D eigenvalue weighted by Crippen LogP contribution is 2.25. The molecule has 31 heavy (non-hydrogen) atoms. The van der Waals surface area contributed by atoms with Crippen molar-refractivity contribution in [1.29, 1.82) is 0 Å². The van der Waals surface area contributed by atoms with Crippen LogP contribution in [0.5, 0.6) is 0 Å². The molecule has 0 spiro atoms. The van der Waals surface area contributed by atoms with Crippen molar-refractivity contribution < 1.29 is 4.39 Å². The summed E-state index contributed by atoms with van der Waals surface area (Å²) in [4.78, 5) is 6.50. The van der Waals surface area contributed by atoms with Crippen LogP contribution in [0, 0.1) is 5.82 Å². The number of fused-ring (bicyclic) bond motifs is 1. The number of hydrazine groups is 1. The Hall–Kier alpha value is -2.44. The summed E-state index contributed by atoms with van der Waals surface area (Å²) in [6.07, 6.45) is 10.7. The molecule has 172 valence electrons. The molecule has 1 heterocycles. The molecule has 5 nitrogen and oxygen atoms in total. The van der Waals surface area contributed by atoms with E-state index in [0.29, 0.717) is 5.39 Å². The van der Waals surface area contributed by atoms with Gasteiger partial charge in [-0.1, -0.05) is 19.3 Å². The predicted molar refractivity (Wildman–Crippen MR) is 134 cm³/mol. The monoisotopic (exact) mass is 429 g/mol. The van der Waals surface area contributed by atoms with Crippen LogP contribution in [0.4, 0.5) is 10.2 Å². The lowest BCUT2D eigenvalue weighted by Gasteiger charge is -2.27. The fourth-order valence-electron chi connectivity index (χ4n) is 3.60. The van der Waals surface area contributed by atoms with E-state index < -0.39 is 0 Å². The van der Waals surface area contributed by atoms with Crippen molar-refractivity contribution in [3.63, 3.8) is 0 Å². The molecule has 0 bridgehead atoms. The molecular weight excluding hydrogens is 389 g/mol. The molecule has 0 saturated heterocycles. The minimum atomic E-state index is -0.257. The predicted octanol–water partition coefficient (Wildman–Crippen LogP) is 5.53. The van der Waals surface area contributed by atoms with E-state index >= 15 is 0 Å². The molecule has 0 unspecified atom stereocenters. The van der Waals surface area contributed by atoms with Gasteiger partial charge in [0.2, 0.25) is 0 Å². The van der Waals surface area contributed by atoms with Crippen molar-refractivity contribution in [2.45, 2.75) is 45.1 Å². The van der Waals surface area contributed by atoms with Gasteiger partial charge in [0.1, 0.15) is 11.6 Å². The van der Waals surface area contributed by atoms with Crippen molar-refractivity contribution in [2.24, 2.45) is 0 Å². The first-order valence-corrected chi connectivity index (χ1v) is 10.9. The number of nitrogens with one attached hydrogen (secondary N) is 2. The van der Waals surface area contributed by atoms with Crippen LogP contribution >= 0.6 is 0 Å². The standard InChI is InChI=1S/C15H19FN4.C8H17N.C2H4/c1-10(9-20(4)18-3)11-5-12-7-15(17-2)19-8-13(12)14(16)6-11;1-9(2)8-6-4-3-5-7-8;1-2/h5-9,18H,1-4H3,(H,17,19);8H,3-7H2,1-2H3;1-2H2/b10-9+;;. The summed E-state index contributed by atoms with van der Waals surface area (Å²) in [7, 11) is 9.90. The molecule has 6 heteroatoms. The molecule has 1 saturated carbocycles. The van der Waals surface area contributed by atoms with Crippen LogP contribution in [0.3, 0.4) is 0 Å². The van der Waals surface area contributed by atoms with Crippen LogP contribution < -0.4 is 10.7 Å². The molecule has 0 radical (unpaired) electrons. The molecule has 2 N–H and O–H groups in total. The van der Waals surface area contributed by atoms with Gasteiger partial charge in [0.15, 0.2) is 0 Å². The number of anilines is 1. The van der Waals surface area contributed by atoms with Gasteiger partial charge in [0.25, 0.3) is 0 Å². The summed E-state index contributed by atoms with van der Waals surface area (Å²) >= 11 is 0. The van der Waals surface area contributed by atoms with E-state index in [9.17, 15) is 4.39 Å². The first kappa shape index (κ1) is 26.6. The second-order valence-electron chi connectivity index (χ2n) is 7.90. The molecule has 1 aliphatic rings. The Morgan fingerprint density at radius 3 is 2.26 bits per heavy atom. The maximum atomic E-state index is 14.1. The zero-order chi connectivity index (χ0) is 23.4. The molecule has 3 rings (SSSR count). The maximum Gasteiger partial charge on any atom is 0.133 e. The van der Waals surface area contributed by atoms with Crippen LogP contribution in [-0.4, -0.2) is 56.2 Å². The minimum absolute atomic E-state index is 0.257. The quantitative estimate of drug-likeness (QED) is 0.484. The Bertz CT molecular complexity index is 828. The molecule has 1 aromatic carbocycles. The molecular formula is C25H40FN5. The summed E-state index contributed by atoms with van der Waals surface area (Å²) in [6.45, 7) is 7.95. The normalized spacial score (nSPS) is 14.4. The van der Waals surface area contributed by atoms with Gasteiger partial charge in [-0.15, -0.1) is 13.2 Å². The van der Waals surface area contributed by atoms with Crippen molar-refractivity contribution >= 4 is 22.2 Å². The summed E-state index contributed by atoms with van der Waals surface area (Å²) < 4.78 is 14.1. The third kappa shape index (κ3) is 8.31. The largest absolute Gasteiger partial charge is 0.373 e. The van der Waals surface area contributed by atoms with E-state index in [0.717, 1.165) is 28.4 Å². The smallest absolute Gasteiger partial charge is 0.133 e. The number of pyridine rings is 1. The Balaban J connectivity index is 0.000000365. The van der Waals surface area contributed by atoms with Gasteiger partial charge in [-0.25, -0.2) is 14.8 Å². The number of rotatable bonds is 5. The molecule has 1 aliphatic carbocycles. The zero-order valence-corrected chi connectivity index (χ0v) is 20.1. The topological polar surface area (TPSA) is 43.4 Å². The van der Waals surface area contributed by atoms with Crippen LogP contribution in [0.25, 0.3) is 16.3 Å². The second kappa shape index (κ2) is 13.8. The van der Waals surface area contributed by atoms with Crippen LogP contribution in [-0.2, 0) is 0 Å². The van der Waals surface area contributed by atoms with E-state index in [1.807, 2.05) is 44.4 Å². The van der Waals surface area contributed by atoms with Crippen molar-refractivity contribution in [2.75, 3.05) is 40.6 Å². The molecule has 2 aromatic rings. The zero-order valence-electron chi connectivity index (χ0n) is 20.1. The van der Waals surface area contributed by atoms with E-state index in [-0.39, 0.29) is 5.82 Å². The van der Waals surface area contributed by atoms with Gasteiger partial charge in [0, 0.05) is 45.0 Å². The average Bonchev–Trinajstić information content (AvgIpc) is 2.80. The Morgan fingerprint density at radius 1 is 1.10 bits per heavy atom. The lowest BCUT2D eigenvalue weighted by molar-refractivity contribution is 0.229. The lowest BCUT2D eigenvalue weighted by Crippen LogP contribution is -2.29. The first-order chi connectivity index (χ1) is 14.8. The third-order valence-electron chi connectivity index (χ3n) is 5.54. The number of nitrogens with zero attached hydrogens (tertiary/aromatic N) is 3. The fraction of sp³-hybridized carbons (Fsp3) is 0.480. The number of hydrogen-bond donors (Lipinski definition) is 2. The summed E-state index contributed by atoms with van der Waals surface area (Å²) in [5, 5.41) is 6.15. The number of aromatic nitrogens is 1. The van der Waals surface area contributed by atoms with Gasteiger partial charge in [0.05, 0.1) is 0 Å². The molecule has 1 fully saturated rings. The minimum Gasteiger partial charge on any atom is -0.373 e. The Morgan fingerprint density at radius 2 is 1.74 bits per heavy atom. The van der Waals surface area contributed by atoms with Gasteiger partial charge in [-0.05, 0) is 68.6 Å². The molecule has 0 amide bonds. The number of allylic oxidation sites excluding steroid dienone is 1. The van der Waals surface area contributed by atoms with Crippen LogP contribution in [0.15, 0.2) is 43.8 Å². The summed E-state index contributed by atoms with van der Waals surface area (Å²) in [5.41, 5.74) is 4.81. The van der Waals surface area contributed by atoms with E-state index in [1.54, 1.807) is 19.3 Å². The molecule has 0 aliphatic heterocycles. The van der Waals surface area contributed by atoms with Crippen LogP contribution in [0.2, 0.25) is 0 Å². The van der Waals surface area contributed by atoms with Gasteiger partial charge >= 0.3 is 0 Å². The van der Waals surface area contributed by atoms with Gasteiger partial charge in [-0.3, -0.25) is 0 Å². The highest BCUT2D eigenvalue weighted by Gasteiger charge is 2.14. The number of halogens is 1. The molecule has 0 atom stereocenters. The summed E-state index contributed by atoms with van der Waals surface area (Å²) in [5.74, 6) is 0.468. The van der Waals surface area contributed by atoms with Crippen LogP contribution in [0.1, 0.15) is 44.6 Å². The average molecular weight is 430 g/mol. The Labute approximate surface area is 188 Å². The SMILES string of the molecule is C=C.CN(C)C1CCCCC1.CNc1cc2cc(/C(C)=C/N(C)NC)cc(F)c2cn1. The maximum absolute atomic E-state index is 14.1. The highest BCUT2D eigenvalue weighted by atomic mass is 19.1. The van der Waals surface area contributed by atoms with E-state index in [2.05, 4.69) is 47.9 Å². The number of benzene rings is 1. The Kier molecular flexibility index (Phi) is 11.8. The highest BCUT2D eigenvalue weighted by molar-refractivity contribution is 5.87. The van der Waals surface area contributed by atoms with Gasteiger partial charge in [-0.2, -0.15) is 0 Å². The van der Waals surface area contributed by atoms with E-state index in [1.165, 1.54) is 32.1 Å². The van der Waals surface area contributed by atoms with E-state index in [4.69, 9.17) is 0 Å². The first-order valence-electron chi connectivity index (χ1n) is 10.9. The summed E-state index contributed by atoms with van der Waals surface area (Å²) in [6, 6.07) is 6.24. The lowest BCUT2D eigenvalue weighted by atomic mass is 9.95. The van der Waals surface area contributed by atoms with Gasteiger partial charge < -0.3 is 15.2 Å².